The van der Waals surface area contributed by atoms with E-state index < -0.39 is 0 Å². The molecule has 2 aliphatic carbocycles. The van der Waals surface area contributed by atoms with Crippen LogP contribution in [0.3, 0.4) is 0 Å². The van der Waals surface area contributed by atoms with Gasteiger partial charge in [-0.15, -0.1) is 0 Å². The minimum absolute atomic E-state index is 0.502. The van der Waals surface area contributed by atoms with E-state index in [0.29, 0.717) is 11.0 Å². The third-order valence-corrected chi connectivity index (χ3v) is 4.95. The van der Waals surface area contributed by atoms with Crippen LogP contribution in [0.1, 0.15) is 51.9 Å². The molecule has 1 saturated heterocycles. The zero-order valence-corrected chi connectivity index (χ0v) is 10.7. The Morgan fingerprint density at radius 3 is 2.50 bits per heavy atom. The lowest BCUT2D eigenvalue weighted by Crippen LogP contribution is -2.50. The van der Waals surface area contributed by atoms with Crippen molar-refractivity contribution in [3.8, 4) is 0 Å². The second-order valence-corrected chi connectivity index (χ2v) is 6.79. The maximum atomic E-state index is 3.85. The molecule has 1 N–H and O–H groups in total. The molecule has 0 atom stereocenters. The summed E-state index contributed by atoms with van der Waals surface area (Å²) in [5, 5.41) is 3.85. The highest BCUT2D eigenvalue weighted by Gasteiger charge is 2.42. The lowest BCUT2D eigenvalue weighted by Gasteiger charge is -2.34. The number of nitrogens with one attached hydrogen (secondary N) is 1. The summed E-state index contributed by atoms with van der Waals surface area (Å²) >= 11 is 0. The van der Waals surface area contributed by atoms with Crippen LogP contribution >= 0.6 is 0 Å². The summed E-state index contributed by atoms with van der Waals surface area (Å²) < 4.78 is 0. The van der Waals surface area contributed by atoms with Gasteiger partial charge >= 0.3 is 0 Å². The minimum atomic E-state index is 0.502. The van der Waals surface area contributed by atoms with Gasteiger partial charge in [-0.1, -0.05) is 19.8 Å². The highest BCUT2D eigenvalue weighted by Crippen LogP contribution is 2.46. The fourth-order valence-corrected chi connectivity index (χ4v) is 3.65. The van der Waals surface area contributed by atoms with Crippen LogP contribution in [0.25, 0.3) is 0 Å². The average Bonchev–Trinajstić information content (AvgIpc) is 2.84. The molecule has 3 aliphatic rings. The predicted octanol–water partition coefficient (Wildman–Crippen LogP) is 2.39. The Morgan fingerprint density at radius 2 is 1.81 bits per heavy atom. The van der Waals surface area contributed by atoms with Gasteiger partial charge in [-0.2, -0.15) is 0 Å². The summed E-state index contributed by atoms with van der Waals surface area (Å²) in [7, 11) is 0. The van der Waals surface area contributed by atoms with Crippen molar-refractivity contribution in [3.05, 3.63) is 0 Å². The first-order valence-corrected chi connectivity index (χ1v) is 7.17. The highest BCUT2D eigenvalue weighted by molar-refractivity contribution is 4.99. The standard InChI is InChI=1S/C14H26N2/c1-13(7-8-13)11-16-10-4-9-15-14(12-16)5-2-3-6-14/h15H,2-12H2,1H3. The van der Waals surface area contributed by atoms with Gasteiger partial charge in [-0.25, -0.2) is 0 Å². The molecule has 2 heteroatoms. The van der Waals surface area contributed by atoms with E-state index in [1.165, 1.54) is 71.1 Å². The first-order chi connectivity index (χ1) is 7.70. The number of hydrogen-bond acceptors (Lipinski definition) is 2. The third kappa shape index (κ3) is 2.28. The van der Waals surface area contributed by atoms with Crippen LogP contribution < -0.4 is 5.32 Å². The lowest BCUT2D eigenvalue weighted by atomic mass is 9.96. The Hall–Kier alpha value is -0.0800. The molecule has 0 aromatic carbocycles. The smallest absolute Gasteiger partial charge is 0.0308 e. The van der Waals surface area contributed by atoms with Crippen molar-refractivity contribution >= 4 is 0 Å². The molecule has 2 saturated carbocycles. The number of nitrogens with zero attached hydrogens (tertiary/aromatic N) is 1. The van der Waals surface area contributed by atoms with E-state index in [1.54, 1.807) is 0 Å². The summed E-state index contributed by atoms with van der Waals surface area (Å²) in [6, 6.07) is 0. The SMILES string of the molecule is CC1(CN2CCCNC3(CCCC3)C2)CC1. The fraction of sp³-hybridized carbons (Fsp3) is 1.00. The maximum Gasteiger partial charge on any atom is 0.0308 e. The second kappa shape index (κ2) is 3.99. The van der Waals surface area contributed by atoms with E-state index in [9.17, 15) is 0 Å². The molecule has 1 spiro atoms. The van der Waals surface area contributed by atoms with Gasteiger partial charge in [-0.05, 0) is 50.6 Å². The Balaban J connectivity index is 1.64. The van der Waals surface area contributed by atoms with Gasteiger partial charge in [-0.3, -0.25) is 0 Å². The van der Waals surface area contributed by atoms with Gasteiger partial charge < -0.3 is 10.2 Å². The fourth-order valence-electron chi connectivity index (χ4n) is 3.65. The molecule has 1 aliphatic heterocycles. The third-order valence-electron chi connectivity index (χ3n) is 4.95. The van der Waals surface area contributed by atoms with Crippen molar-refractivity contribution in [1.82, 2.24) is 10.2 Å². The molecule has 0 amide bonds. The van der Waals surface area contributed by atoms with Crippen molar-refractivity contribution in [2.24, 2.45) is 5.41 Å². The van der Waals surface area contributed by atoms with E-state index in [0.717, 1.165) is 0 Å². The molecule has 0 bridgehead atoms. The molecule has 0 unspecified atom stereocenters. The molecule has 0 radical (unpaired) electrons. The van der Waals surface area contributed by atoms with Crippen LogP contribution in [0.4, 0.5) is 0 Å². The van der Waals surface area contributed by atoms with Gasteiger partial charge in [0.25, 0.3) is 0 Å². The summed E-state index contributed by atoms with van der Waals surface area (Å²) in [4.78, 5) is 2.76. The predicted molar refractivity (Wildman–Crippen MR) is 67.6 cm³/mol. The van der Waals surface area contributed by atoms with E-state index in [1.807, 2.05) is 0 Å². The molecule has 16 heavy (non-hydrogen) atoms. The van der Waals surface area contributed by atoms with Gasteiger partial charge in [0, 0.05) is 18.6 Å². The van der Waals surface area contributed by atoms with Crippen molar-refractivity contribution in [2.45, 2.75) is 57.4 Å². The Kier molecular flexibility index (Phi) is 2.75. The molecule has 0 aromatic rings. The molecular weight excluding hydrogens is 196 g/mol. The number of hydrogen-bond donors (Lipinski definition) is 1. The Morgan fingerprint density at radius 1 is 1.06 bits per heavy atom. The van der Waals surface area contributed by atoms with Crippen molar-refractivity contribution < 1.29 is 0 Å². The van der Waals surface area contributed by atoms with Gasteiger partial charge in [0.1, 0.15) is 0 Å². The summed E-state index contributed by atoms with van der Waals surface area (Å²) in [6.07, 6.45) is 9.99. The Labute approximate surface area is 99.8 Å². The lowest BCUT2D eigenvalue weighted by molar-refractivity contribution is 0.182. The van der Waals surface area contributed by atoms with Crippen molar-refractivity contribution in [3.63, 3.8) is 0 Å². The van der Waals surface area contributed by atoms with Crippen LogP contribution in [0.2, 0.25) is 0 Å². The van der Waals surface area contributed by atoms with Crippen LogP contribution in [-0.2, 0) is 0 Å². The van der Waals surface area contributed by atoms with E-state index in [-0.39, 0.29) is 0 Å². The quantitative estimate of drug-likeness (QED) is 0.772. The zero-order chi connectivity index (χ0) is 11.1. The molecule has 0 aromatic heterocycles. The largest absolute Gasteiger partial charge is 0.310 e. The van der Waals surface area contributed by atoms with Gasteiger partial charge in [0.15, 0.2) is 0 Å². The van der Waals surface area contributed by atoms with Crippen LogP contribution in [0.5, 0.6) is 0 Å². The van der Waals surface area contributed by atoms with Crippen molar-refractivity contribution in [1.29, 1.82) is 0 Å². The molecule has 1 heterocycles. The minimum Gasteiger partial charge on any atom is -0.310 e. The number of rotatable bonds is 2. The van der Waals surface area contributed by atoms with Crippen molar-refractivity contribution in [2.75, 3.05) is 26.2 Å². The summed E-state index contributed by atoms with van der Waals surface area (Å²) in [5.41, 5.74) is 1.19. The Bertz CT molecular complexity index is 251. The second-order valence-electron chi connectivity index (χ2n) is 6.79. The first kappa shape index (κ1) is 11.0. The molecule has 3 rings (SSSR count). The summed E-state index contributed by atoms with van der Waals surface area (Å²) in [6.45, 7) is 7.71. The maximum absolute atomic E-state index is 3.85. The monoisotopic (exact) mass is 222 g/mol. The molecule has 3 fully saturated rings. The van der Waals surface area contributed by atoms with E-state index in [4.69, 9.17) is 0 Å². The van der Waals surface area contributed by atoms with Crippen LogP contribution in [-0.4, -0.2) is 36.6 Å². The van der Waals surface area contributed by atoms with Crippen LogP contribution in [0, 0.1) is 5.41 Å². The first-order valence-electron chi connectivity index (χ1n) is 7.17. The van der Waals surface area contributed by atoms with E-state index >= 15 is 0 Å². The normalized spacial score (nSPS) is 32.8. The zero-order valence-electron chi connectivity index (χ0n) is 10.7. The topological polar surface area (TPSA) is 15.3 Å². The molecule has 92 valence electrons. The van der Waals surface area contributed by atoms with Gasteiger partial charge in [0.2, 0.25) is 0 Å². The summed E-state index contributed by atoms with van der Waals surface area (Å²) in [5.74, 6) is 0. The molecular formula is C14H26N2. The van der Waals surface area contributed by atoms with E-state index in [2.05, 4.69) is 17.1 Å². The average molecular weight is 222 g/mol. The molecule has 2 nitrogen and oxygen atoms in total. The van der Waals surface area contributed by atoms with Gasteiger partial charge in [0.05, 0.1) is 0 Å². The highest BCUT2D eigenvalue weighted by atomic mass is 15.2. The van der Waals surface area contributed by atoms with Crippen LogP contribution in [0.15, 0.2) is 0 Å².